The van der Waals surface area contributed by atoms with Gasteiger partial charge in [0.05, 0.1) is 15.5 Å². The van der Waals surface area contributed by atoms with E-state index in [0.717, 1.165) is 11.8 Å². The van der Waals surface area contributed by atoms with Crippen LogP contribution in [0.25, 0.3) is 6.08 Å². The minimum Gasteiger partial charge on any atom is -0.278 e. The second-order valence-corrected chi connectivity index (χ2v) is 6.35. The normalized spacial score (nSPS) is 16.0. The van der Waals surface area contributed by atoms with Crippen molar-refractivity contribution in [1.29, 1.82) is 5.41 Å². The van der Waals surface area contributed by atoms with Gasteiger partial charge in [-0.2, -0.15) is 0 Å². The lowest BCUT2D eigenvalue weighted by Gasteiger charge is -2.14. The molecule has 2 aromatic carbocycles. The number of hydrogen-bond acceptors (Lipinski definition) is 5. The van der Waals surface area contributed by atoms with Crippen molar-refractivity contribution in [2.75, 3.05) is 4.90 Å². The fraction of sp³-hybridized carbons (Fsp3) is 0. The zero-order valence-electron chi connectivity index (χ0n) is 12.1. The van der Waals surface area contributed by atoms with E-state index in [4.69, 9.17) is 17.0 Å². The van der Waals surface area contributed by atoms with Crippen molar-refractivity contribution in [2.45, 2.75) is 0 Å². The first-order chi connectivity index (χ1) is 11.5. The van der Waals surface area contributed by atoms with E-state index in [2.05, 4.69) is 0 Å². The molecule has 120 valence electrons. The number of thioether (sulfide) groups is 1. The number of amides is 1. The lowest BCUT2D eigenvalue weighted by atomic mass is 10.2. The molecule has 1 amide bonds. The largest absolute Gasteiger partial charge is 0.278 e. The van der Waals surface area contributed by atoms with Gasteiger partial charge in [0.2, 0.25) is 0 Å². The van der Waals surface area contributed by atoms with Gasteiger partial charge in [0.25, 0.3) is 11.6 Å². The Morgan fingerprint density at radius 2 is 1.75 bits per heavy atom. The Kier molecular flexibility index (Phi) is 4.37. The third kappa shape index (κ3) is 3.17. The molecular formula is C16H10ClN3O3S. The van der Waals surface area contributed by atoms with Gasteiger partial charge in [-0.25, -0.2) is 0 Å². The molecule has 8 heteroatoms. The number of nitrogens with zero attached hydrogens (tertiary/aromatic N) is 2. The second-order valence-electron chi connectivity index (χ2n) is 4.88. The van der Waals surface area contributed by atoms with Gasteiger partial charge in [-0.1, -0.05) is 11.6 Å². The van der Waals surface area contributed by atoms with Gasteiger partial charge >= 0.3 is 0 Å². The van der Waals surface area contributed by atoms with Crippen molar-refractivity contribution in [2.24, 2.45) is 0 Å². The molecule has 0 atom stereocenters. The van der Waals surface area contributed by atoms with Gasteiger partial charge in [-0.15, -0.1) is 0 Å². The van der Waals surface area contributed by atoms with Crippen LogP contribution in [0.2, 0.25) is 5.02 Å². The lowest BCUT2D eigenvalue weighted by molar-refractivity contribution is -0.384. The highest BCUT2D eigenvalue weighted by atomic mass is 35.5. The molecule has 0 aliphatic carbocycles. The van der Waals surface area contributed by atoms with Gasteiger partial charge in [-0.05, 0) is 59.8 Å². The van der Waals surface area contributed by atoms with E-state index in [9.17, 15) is 14.9 Å². The predicted octanol–water partition coefficient (Wildman–Crippen LogP) is 4.30. The van der Waals surface area contributed by atoms with Crippen molar-refractivity contribution >= 4 is 51.9 Å². The highest BCUT2D eigenvalue weighted by molar-refractivity contribution is 8.19. The van der Waals surface area contributed by atoms with E-state index in [1.165, 1.54) is 17.0 Å². The summed E-state index contributed by atoms with van der Waals surface area (Å²) in [6, 6.07) is 12.5. The van der Waals surface area contributed by atoms with Crippen LogP contribution < -0.4 is 4.90 Å². The van der Waals surface area contributed by atoms with Gasteiger partial charge in [0.1, 0.15) is 0 Å². The molecule has 2 aromatic rings. The molecule has 3 rings (SSSR count). The number of nitrogens with one attached hydrogen (secondary N) is 1. The summed E-state index contributed by atoms with van der Waals surface area (Å²) in [7, 11) is 0. The number of rotatable bonds is 3. The number of nitro groups is 1. The van der Waals surface area contributed by atoms with Crippen LogP contribution in [0.1, 0.15) is 5.56 Å². The molecule has 1 aliphatic rings. The second kappa shape index (κ2) is 6.46. The Morgan fingerprint density at radius 3 is 2.33 bits per heavy atom. The summed E-state index contributed by atoms with van der Waals surface area (Å²) >= 11 is 6.88. The Bertz CT molecular complexity index is 863. The minimum atomic E-state index is -0.482. The Labute approximate surface area is 146 Å². The van der Waals surface area contributed by atoms with E-state index in [0.29, 0.717) is 21.2 Å². The van der Waals surface area contributed by atoms with Gasteiger partial charge in [0.15, 0.2) is 5.17 Å². The van der Waals surface area contributed by atoms with Gasteiger partial charge in [-0.3, -0.25) is 25.2 Å². The van der Waals surface area contributed by atoms with Crippen molar-refractivity contribution < 1.29 is 9.72 Å². The third-order valence-corrected chi connectivity index (χ3v) is 4.45. The molecule has 0 bridgehead atoms. The molecule has 24 heavy (non-hydrogen) atoms. The van der Waals surface area contributed by atoms with Crippen LogP contribution in [0.5, 0.6) is 0 Å². The van der Waals surface area contributed by atoms with Crippen LogP contribution >= 0.6 is 23.4 Å². The number of nitro benzene ring substituents is 1. The third-order valence-electron chi connectivity index (χ3n) is 3.31. The first-order valence-electron chi connectivity index (χ1n) is 6.78. The van der Waals surface area contributed by atoms with Crippen LogP contribution in [-0.4, -0.2) is 16.0 Å². The van der Waals surface area contributed by atoms with Crippen molar-refractivity contribution in [3.63, 3.8) is 0 Å². The maximum absolute atomic E-state index is 12.5. The van der Waals surface area contributed by atoms with Crippen LogP contribution in [0.3, 0.4) is 0 Å². The smallest absolute Gasteiger partial charge is 0.271 e. The molecule has 1 N–H and O–H groups in total. The number of benzene rings is 2. The molecule has 6 nitrogen and oxygen atoms in total. The molecular weight excluding hydrogens is 350 g/mol. The zero-order chi connectivity index (χ0) is 17.3. The molecule has 1 saturated heterocycles. The number of amidine groups is 1. The summed E-state index contributed by atoms with van der Waals surface area (Å²) in [5.74, 6) is -0.314. The maximum Gasteiger partial charge on any atom is 0.271 e. The first-order valence-corrected chi connectivity index (χ1v) is 7.98. The molecule has 1 fully saturated rings. The van der Waals surface area contributed by atoms with Gasteiger partial charge < -0.3 is 0 Å². The highest BCUT2D eigenvalue weighted by Gasteiger charge is 2.33. The summed E-state index contributed by atoms with van der Waals surface area (Å²) in [6.07, 6.45) is 1.61. The average Bonchev–Trinajstić information content (AvgIpc) is 2.83. The number of carbonyl (C=O) groups is 1. The van der Waals surface area contributed by atoms with Crippen LogP contribution in [0, 0.1) is 15.5 Å². The van der Waals surface area contributed by atoms with Gasteiger partial charge in [0, 0.05) is 17.2 Å². The monoisotopic (exact) mass is 359 g/mol. The van der Waals surface area contributed by atoms with E-state index in [1.807, 2.05) is 0 Å². The summed E-state index contributed by atoms with van der Waals surface area (Å²) in [4.78, 5) is 24.4. The average molecular weight is 360 g/mol. The van der Waals surface area contributed by atoms with E-state index in [-0.39, 0.29) is 16.8 Å². The van der Waals surface area contributed by atoms with Crippen LogP contribution in [0.4, 0.5) is 11.4 Å². The van der Waals surface area contributed by atoms with Crippen LogP contribution in [0.15, 0.2) is 53.4 Å². The van der Waals surface area contributed by atoms with Crippen molar-refractivity contribution in [3.05, 3.63) is 74.1 Å². The first kappa shape index (κ1) is 16.2. The Balaban J connectivity index is 1.87. The topological polar surface area (TPSA) is 87.3 Å². The number of anilines is 1. The molecule has 0 spiro atoms. The minimum absolute atomic E-state index is 0.0157. The number of carbonyl (C=O) groups excluding carboxylic acids is 1. The molecule has 1 aliphatic heterocycles. The summed E-state index contributed by atoms with van der Waals surface area (Å²) in [6.45, 7) is 0. The fourth-order valence-corrected chi connectivity index (χ4v) is 3.14. The predicted molar refractivity (Wildman–Crippen MR) is 95.3 cm³/mol. The summed E-state index contributed by atoms with van der Waals surface area (Å²) in [5.41, 5.74) is 1.20. The number of non-ortho nitro benzene ring substituents is 1. The Hall–Kier alpha value is -2.64. The number of halogens is 1. The standard InChI is InChI=1S/C16H10ClN3O3S/c17-11-3-7-12(8-4-11)19-15(21)14(24-16(19)18)9-10-1-5-13(6-2-10)20(22)23/h1-9,18H/b14-9-,18-16?. The van der Waals surface area contributed by atoms with E-state index >= 15 is 0 Å². The fourth-order valence-electron chi connectivity index (χ4n) is 2.16. The van der Waals surface area contributed by atoms with E-state index in [1.54, 1.807) is 42.5 Å². The zero-order valence-corrected chi connectivity index (χ0v) is 13.7. The highest BCUT2D eigenvalue weighted by Crippen LogP contribution is 2.35. The summed E-state index contributed by atoms with van der Waals surface area (Å²) < 4.78 is 0. The Morgan fingerprint density at radius 1 is 1.12 bits per heavy atom. The van der Waals surface area contributed by atoms with Crippen LogP contribution in [-0.2, 0) is 4.79 Å². The molecule has 0 radical (unpaired) electrons. The number of hydrogen-bond donors (Lipinski definition) is 1. The van der Waals surface area contributed by atoms with Crippen molar-refractivity contribution in [1.82, 2.24) is 0 Å². The maximum atomic E-state index is 12.5. The van der Waals surface area contributed by atoms with E-state index < -0.39 is 4.92 Å². The molecule has 1 heterocycles. The SMILES string of the molecule is N=C1S/C(=C\c2ccc([N+](=O)[O-])cc2)C(=O)N1c1ccc(Cl)cc1. The molecule has 0 unspecified atom stereocenters. The molecule has 0 saturated carbocycles. The molecule has 0 aromatic heterocycles. The van der Waals surface area contributed by atoms with Crippen molar-refractivity contribution in [3.8, 4) is 0 Å². The lowest BCUT2D eigenvalue weighted by Crippen LogP contribution is -2.27. The quantitative estimate of drug-likeness (QED) is 0.502. The summed E-state index contributed by atoms with van der Waals surface area (Å²) in [5, 5.41) is 19.3.